The maximum absolute atomic E-state index is 13.2. The molecule has 3 heterocycles. The molecule has 5 nitrogen and oxygen atoms in total. The number of nitrogen functional groups attached to an aromatic ring is 1. The molecule has 0 aliphatic carbocycles. The Morgan fingerprint density at radius 1 is 1.25 bits per heavy atom. The topological polar surface area (TPSA) is 62.5 Å². The van der Waals surface area contributed by atoms with Gasteiger partial charge >= 0.3 is 0 Å². The Morgan fingerprint density at radius 3 is 2.68 bits per heavy atom. The quantitative estimate of drug-likeness (QED) is 0.727. The van der Waals surface area contributed by atoms with Crippen molar-refractivity contribution < 1.29 is 4.79 Å². The molecule has 4 rings (SSSR count). The molecular weight excluding hydrogens is 415 g/mol. The standard InChI is InChI=1S/C20H26N4OS.2ClH/c1-14-22-16(13-26-14)12-23-10-7-15(8-11-23)20(25)24-9-3-4-17-18(21)5-2-6-19(17)24;;/h2,5-6,13,15H,3-4,7-12,21H2,1H3;2*1H. The number of halogens is 2. The zero-order valence-electron chi connectivity index (χ0n) is 16.1. The Labute approximate surface area is 183 Å². The maximum atomic E-state index is 13.2. The first kappa shape index (κ1) is 22.9. The largest absolute Gasteiger partial charge is 0.398 e. The summed E-state index contributed by atoms with van der Waals surface area (Å²) in [6.07, 6.45) is 3.82. The number of piperidine rings is 1. The molecule has 1 aromatic heterocycles. The summed E-state index contributed by atoms with van der Waals surface area (Å²) < 4.78 is 0. The van der Waals surface area contributed by atoms with E-state index in [1.54, 1.807) is 11.3 Å². The highest BCUT2D eigenvalue weighted by atomic mass is 35.5. The van der Waals surface area contributed by atoms with Crippen LogP contribution in [-0.4, -0.2) is 35.4 Å². The number of benzene rings is 1. The van der Waals surface area contributed by atoms with Gasteiger partial charge in [-0.3, -0.25) is 9.69 Å². The van der Waals surface area contributed by atoms with E-state index in [1.165, 1.54) is 0 Å². The van der Waals surface area contributed by atoms with Crippen LogP contribution in [0.3, 0.4) is 0 Å². The molecule has 0 radical (unpaired) electrons. The molecule has 1 saturated heterocycles. The van der Waals surface area contributed by atoms with Crippen LogP contribution < -0.4 is 10.6 Å². The highest BCUT2D eigenvalue weighted by Gasteiger charge is 2.31. The molecule has 2 aliphatic heterocycles. The van der Waals surface area contributed by atoms with Gasteiger partial charge in [-0.2, -0.15) is 0 Å². The van der Waals surface area contributed by atoms with E-state index < -0.39 is 0 Å². The lowest BCUT2D eigenvalue weighted by Crippen LogP contribution is -2.44. The smallest absolute Gasteiger partial charge is 0.230 e. The minimum atomic E-state index is 0. The first-order chi connectivity index (χ1) is 12.6. The molecule has 0 unspecified atom stereocenters. The first-order valence-electron chi connectivity index (χ1n) is 9.44. The van der Waals surface area contributed by atoms with E-state index in [0.717, 1.165) is 79.5 Å². The number of rotatable bonds is 3. The van der Waals surface area contributed by atoms with Crippen LogP contribution in [0.2, 0.25) is 0 Å². The lowest BCUT2D eigenvalue weighted by Gasteiger charge is -2.36. The third-order valence-corrected chi connectivity index (χ3v) is 6.36. The van der Waals surface area contributed by atoms with Crippen LogP contribution in [0.15, 0.2) is 23.6 Å². The summed E-state index contributed by atoms with van der Waals surface area (Å²) in [5.41, 5.74) is 10.3. The van der Waals surface area contributed by atoms with Gasteiger partial charge in [-0.15, -0.1) is 36.2 Å². The third kappa shape index (κ3) is 4.79. The normalized spacial score (nSPS) is 17.4. The van der Waals surface area contributed by atoms with Crippen LogP contribution in [0.4, 0.5) is 11.4 Å². The summed E-state index contributed by atoms with van der Waals surface area (Å²) in [7, 11) is 0. The van der Waals surface area contributed by atoms with Crippen molar-refractivity contribution in [3.8, 4) is 0 Å². The Hall–Kier alpha value is -1.34. The lowest BCUT2D eigenvalue weighted by atomic mass is 9.92. The molecule has 1 amide bonds. The van der Waals surface area contributed by atoms with Crippen molar-refractivity contribution in [2.45, 2.75) is 39.2 Å². The van der Waals surface area contributed by atoms with Gasteiger partial charge in [0.1, 0.15) is 0 Å². The van der Waals surface area contributed by atoms with Crippen molar-refractivity contribution in [3.05, 3.63) is 39.8 Å². The van der Waals surface area contributed by atoms with Gasteiger partial charge in [0.15, 0.2) is 0 Å². The van der Waals surface area contributed by atoms with E-state index in [1.807, 2.05) is 30.0 Å². The van der Waals surface area contributed by atoms with Crippen LogP contribution in [-0.2, 0) is 17.8 Å². The zero-order valence-corrected chi connectivity index (χ0v) is 18.5. The van der Waals surface area contributed by atoms with E-state index >= 15 is 0 Å². The summed E-state index contributed by atoms with van der Waals surface area (Å²) >= 11 is 1.70. The van der Waals surface area contributed by atoms with Gasteiger partial charge in [-0.1, -0.05) is 6.07 Å². The minimum Gasteiger partial charge on any atom is -0.398 e. The minimum absolute atomic E-state index is 0. The first-order valence-corrected chi connectivity index (χ1v) is 10.3. The number of nitrogens with zero attached hydrogens (tertiary/aromatic N) is 3. The summed E-state index contributed by atoms with van der Waals surface area (Å²) in [4.78, 5) is 22.1. The molecule has 0 saturated carbocycles. The van der Waals surface area contributed by atoms with Gasteiger partial charge in [0.2, 0.25) is 5.91 Å². The summed E-state index contributed by atoms with van der Waals surface area (Å²) in [6, 6.07) is 5.94. The molecule has 0 atom stereocenters. The number of anilines is 2. The van der Waals surface area contributed by atoms with Gasteiger partial charge in [-0.05, 0) is 63.4 Å². The Kier molecular flexibility index (Phi) is 8.13. The van der Waals surface area contributed by atoms with Crippen LogP contribution in [0.1, 0.15) is 35.5 Å². The zero-order chi connectivity index (χ0) is 18.1. The number of fused-ring (bicyclic) bond motifs is 1. The second-order valence-electron chi connectivity index (χ2n) is 7.35. The molecule has 2 N–H and O–H groups in total. The van der Waals surface area contributed by atoms with Gasteiger partial charge in [0, 0.05) is 35.8 Å². The molecular formula is C20H28Cl2N4OS. The second kappa shape index (κ2) is 9.92. The fourth-order valence-corrected chi connectivity index (χ4v) is 4.75. The van der Waals surface area contributed by atoms with Gasteiger partial charge in [0.25, 0.3) is 0 Å². The van der Waals surface area contributed by atoms with Crippen molar-refractivity contribution in [3.63, 3.8) is 0 Å². The van der Waals surface area contributed by atoms with E-state index in [-0.39, 0.29) is 36.6 Å². The number of carbonyl (C=O) groups is 1. The van der Waals surface area contributed by atoms with Crippen molar-refractivity contribution in [2.75, 3.05) is 30.3 Å². The Morgan fingerprint density at radius 2 is 2.00 bits per heavy atom. The van der Waals surface area contributed by atoms with Gasteiger partial charge < -0.3 is 10.6 Å². The van der Waals surface area contributed by atoms with Crippen molar-refractivity contribution in [1.29, 1.82) is 0 Å². The van der Waals surface area contributed by atoms with Crippen LogP contribution >= 0.6 is 36.2 Å². The number of nitrogens with two attached hydrogens (primary N) is 1. The number of carbonyl (C=O) groups excluding carboxylic acids is 1. The summed E-state index contributed by atoms with van der Waals surface area (Å²) in [5.74, 6) is 0.400. The average Bonchev–Trinajstić information content (AvgIpc) is 3.06. The van der Waals surface area contributed by atoms with Crippen LogP contribution in [0, 0.1) is 12.8 Å². The molecule has 1 aromatic carbocycles. The monoisotopic (exact) mass is 442 g/mol. The summed E-state index contributed by atoms with van der Waals surface area (Å²) in [5, 5.41) is 3.26. The number of amides is 1. The molecule has 1 fully saturated rings. The van der Waals surface area contributed by atoms with Crippen LogP contribution in [0.5, 0.6) is 0 Å². The highest BCUT2D eigenvalue weighted by Crippen LogP contribution is 2.33. The highest BCUT2D eigenvalue weighted by molar-refractivity contribution is 7.09. The molecule has 2 aromatic rings. The number of hydrogen-bond donors (Lipinski definition) is 1. The van der Waals surface area contributed by atoms with Gasteiger partial charge in [0.05, 0.1) is 10.7 Å². The SMILES string of the molecule is Cc1nc(CN2CCC(C(=O)N3CCCc4c(N)cccc43)CC2)cs1.Cl.Cl. The number of aromatic nitrogens is 1. The number of hydrogen-bond acceptors (Lipinski definition) is 5. The molecule has 0 spiro atoms. The van der Waals surface area contributed by atoms with E-state index in [4.69, 9.17) is 5.73 Å². The molecule has 2 aliphatic rings. The van der Waals surface area contributed by atoms with Crippen molar-refractivity contribution in [2.24, 2.45) is 5.92 Å². The second-order valence-corrected chi connectivity index (χ2v) is 8.41. The Balaban J connectivity index is 0.00000140. The fraction of sp³-hybridized carbons (Fsp3) is 0.500. The summed E-state index contributed by atoms with van der Waals surface area (Å²) in [6.45, 7) is 5.68. The average molecular weight is 443 g/mol. The molecule has 8 heteroatoms. The van der Waals surface area contributed by atoms with E-state index in [0.29, 0.717) is 0 Å². The van der Waals surface area contributed by atoms with E-state index in [2.05, 4.69) is 15.3 Å². The predicted octanol–water partition coefficient (Wildman–Crippen LogP) is 4.07. The third-order valence-electron chi connectivity index (χ3n) is 5.54. The molecule has 0 bridgehead atoms. The molecule has 154 valence electrons. The number of aryl methyl sites for hydroxylation is 1. The van der Waals surface area contributed by atoms with Crippen LogP contribution in [0.25, 0.3) is 0 Å². The van der Waals surface area contributed by atoms with E-state index in [9.17, 15) is 4.79 Å². The predicted molar refractivity (Wildman–Crippen MR) is 121 cm³/mol. The fourth-order valence-electron chi connectivity index (χ4n) is 4.15. The number of thiazole rings is 1. The lowest BCUT2D eigenvalue weighted by molar-refractivity contribution is -0.123. The maximum Gasteiger partial charge on any atom is 0.230 e. The van der Waals surface area contributed by atoms with Crippen molar-refractivity contribution >= 4 is 53.4 Å². The van der Waals surface area contributed by atoms with Crippen molar-refractivity contribution in [1.82, 2.24) is 9.88 Å². The van der Waals surface area contributed by atoms with Gasteiger partial charge in [-0.25, -0.2) is 4.98 Å². The molecule has 28 heavy (non-hydrogen) atoms. The Bertz CT molecular complexity index is 805. The number of likely N-dealkylation sites (tertiary alicyclic amines) is 1.